The SMILES string of the molecule is Cc1ccccc1C(=O)NC(=Cc1ccc(Cl)cc1)C(N)=O. The molecule has 3 N–H and O–H groups in total. The van der Waals surface area contributed by atoms with Crippen LogP contribution in [-0.4, -0.2) is 11.8 Å². The minimum Gasteiger partial charge on any atom is -0.364 e. The first kappa shape index (κ1) is 15.8. The van der Waals surface area contributed by atoms with Gasteiger partial charge in [-0.05, 0) is 42.3 Å². The Bertz CT molecular complexity index is 737. The fourth-order valence-corrected chi connectivity index (χ4v) is 2.04. The van der Waals surface area contributed by atoms with Crippen molar-refractivity contribution in [1.82, 2.24) is 5.32 Å². The van der Waals surface area contributed by atoms with Gasteiger partial charge in [0.1, 0.15) is 5.70 Å². The summed E-state index contributed by atoms with van der Waals surface area (Å²) in [5, 5.41) is 3.14. The van der Waals surface area contributed by atoms with Gasteiger partial charge in [0.05, 0.1) is 0 Å². The summed E-state index contributed by atoms with van der Waals surface area (Å²) >= 11 is 5.81. The molecular weight excluding hydrogens is 300 g/mol. The number of hydrogen-bond donors (Lipinski definition) is 2. The van der Waals surface area contributed by atoms with Crippen molar-refractivity contribution in [3.63, 3.8) is 0 Å². The maximum absolute atomic E-state index is 12.2. The highest BCUT2D eigenvalue weighted by Gasteiger charge is 2.13. The van der Waals surface area contributed by atoms with E-state index < -0.39 is 5.91 Å². The average Bonchev–Trinajstić information content (AvgIpc) is 2.49. The molecule has 0 aliphatic heterocycles. The highest BCUT2D eigenvalue weighted by molar-refractivity contribution is 6.30. The van der Waals surface area contributed by atoms with E-state index in [9.17, 15) is 9.59 Å². The summed E-state index contributed by atoms with van der Waals surface area (Å²) in [6.45, 7) is 1.82. The van der Waals surface area contributed by atoms with E-state index in [0.717, 1.165) is 5.56 Å². The van der Waals surface area contributed by atoms with E-state index in [4.69, 9.17) is 17.3 Å². The molecule has 2 aromatic carbocycles. The van der Waals surface area contributed by atoms with Crippen molar-refractivity contribution in [1.29, 1.82) is 0 Å². The fourth-order valence-electron chi connectivity index (χ4n) is 1.91. The van der Waals surface area contributed by atoms with Crippen LogP contribution in [0.3, 0.4) is 0 Å². The zero-order valence-corrected chi connectivity index (χ0v) is 12.7. The number of primary amides is 1. The van der Waals surface area contributed by atoms with Crippen molar-refractivity contribution in [2.45, 2.75) is 6.92 Å². The number of nitrogens with two attached hydrogens (primary N) is 1. The van der Waals surface area contributed by atoms with Gasteiger partial charge in [-0.3, -0.25) is 9.59 Å². The van der Waals surface area contributed by atoms with Crippen molar-refractivity contribution in [2.24, 2.45) is 5.73 Å². The number of benzene rings is 2. The number of halogens is 1. The second-order valence-electron chi connectivity index (χ2n) is 4.74. The Hall–Kier alpha value is -2.59. The smallest absolute Gasteiger partial charge is 0.265 e. The van der Waals surface area contributed by atoms with E-state index >= 15 is 0 Å². The molecule has 0 aliphatic rings. The van der Waals surface area contributed by atoms with Gasteiger partial charge in [-0.2, -0.15) is 0 Å². The van der Waals surface area contributed by atoms with Crippen molar-refractivity contribution in [2.75, 3.05) is 0 Å². The minimum atomic E-state index is -0.711. The molecular formula is C17H15ClN2O2. The van der Waals surface area contributed by atoms with E-state index in [0.29, 0.717) is 16.1 Å². The summed E-state index contributed by atoms with van der Waals surface area (Å²) in [7, 11) is 0. The molecule has 0 unspecified atom stereocenters. The van der Waals surface area contributed by atoms with Crippen LogP contribution in [0, 0.1) is 6.92 Å². The average molecular weight is 315 g/mol. The normalized spacial score (nSPS) is 11.1. The van der Waals surface area contributed by atoms with Crippen molar-refractivity contribution < 1.29 is 9.59 Å². The molecule has 5 heteroatoms. The Labute approximate surface area is 133 Å². The maximum Gasteiger partial charge on any atom is 0.265 e. The topological polar surface area (TPSA) is 72.2 Å². The molecule has 0 bridgehead atoms. The number of nitrogens with one attached hydrogen (secondary N) is 1. The summed E-state index contributed by atoms with van der Waals surface area (Å²) in [6, 6.07) is 13.9. The highest BCUT2D eigenvalue weighted by Crippen LogP contribution is 2.13. The van der Waals surface area contributed by atoms with E-state index in [1.165, 1.54) is 6.08 Å². The number of carbonyl (C=O) groups excluding carboxylic acids is 2. The van der Waals surface area contributed by atoms with Gasteiger partial charge in [-0.25, -0.2) is 0 Å². The lowest BCUT2D eigenvalue weighted by Gasteiger charge is -2.09. The van der Waals surface area contributed by atoms with Crippen LogP contribution in [-0.2, 0) is 4.79 Å². The van der Waals surface area contributed by atoms with Gasteiger partial charge in [-0.1, -0.05) is 41.9 Å². The lowest BCUT2D eigenvalue weighted by atomic mass is 10.1. The Balaban J connectivity index is 2.26. The summed E-state index contributed by atoms with van der Waals surface area (Å²) in [4.78, 5) is 23.8. The molecule has 2 aromatic rings. The van der Waals surface area contributed by atoms with Crippen LogP contribution in [0.15, 0.2) is 54.2 Å². The van der Waals surface area contributed by atoms with Crippen LogP contribution in [0.1, 0.15) is 21.5 Å². The lowest BCUT2D eigenvalue weighted by molar-refractivity contribution is -0.114. The molecule has 0 spiro atoms. The second kappa shape index (κ2) is 6.91. The molecule has 0 radical (unpaired) electrons. The monoisotopic (exact) mass is 314 g/mol. The second-order valence-corrected chi connectivity index (χ2v) is 5.18. The van der Waals surface area contributed by atoms with E-state index in [1.807, 2.05) is 19.1 Å². The Morgan fingerprint density at radius 1 is 1.09 bits per heavy atom. The van der Waals surface area contributed by atoms with Crippen molar-refractivity contribution in [3.8, 4) is 0 Å². The first-order chi connectivity index (χ1) is 10.5. The highest BCUT2D eigenvalue weighted by atomic mass is 35.5. The van der Waals surface area contributed by atoms with E-state index in [2.05, 4.69) is 5.32 Å². The summed E-state index contributed by atoms with van der Waals surface area (Å²) in [5.74, 6) is -1.09. The molecule has 2 amide bonds. The van der Waals surface area contributed by atoms with Gasteiger partial charge in [0.25, 0.3) is 11.8 Å². The fraction of sp³-hybridized carbons (Fsp3) is 0.0588. The number of hydrogen-bond acceptors (Lipinski definition) is 2. The maximum atomic E-state index is 12.2. The van der Waals surface area contributed by atoms with Crippen LogP contribution in [0.2, 0.25) is 5.02 Å². The van der Waals surface area contributed by atoms with Crippen molar-refractivity contribution in [3.05, 3.63) is 75.9 Å². The zero-order valence-electron chi connectivity index (χ0n) is 12.0. The molecule has 0 fully saturated rings. The molecule has 0 heterocycles. The van der Waals surface area contributed by atoms with Gasteiger partial charge in [0.2, 0.25) is 0 Å². The third kappa shape index (κ3) is 3.96. The third-order valence-electron chi connectivity index (χ3n) is 3.08. The molecule has 22 heavy (non-hydrogen) atoms. The number of carbonyl (C=O) groups is 2. The van der Waals surface area contributed by atoms with Crippen LogP contribution in [0.25, 0.3) is 6.08 Å². The summed E-state index contributed by atoms with van der Waals surface area (Å²) in [6.07, 6.45) is 1.51. The van der Waals surface area contributed by atoms with E-state index in [1.54, 1.807) is 36.4 Å². The number of aryl methyl sites for hydroxylation is 1. The summed E-state index contributed by atoms with van der Waals surface area (Å²) in [5.41, 5.74) is 7.37. The van der Waals surface area contributed by atoms with Crippen LogP contribution in [0.5, 0.6) is 0 Å². The van der Waals surface area contributed by atoms with Gasteiger partial charge in [-0.15, -0.1) is 0 Å². The zero-order chi connectivity index (χ0) is 16.1. The predicted octanol–water partition coefficient (Wildman–Crippen LogP) is 2.90. The molecule has 0 aromatic heterocycles. The lowest BCUT2D eigenvalue weighted by Crippen LogP contribution is -2.31. The van der Waals surface area contributed by atoms with Crippen molar-refractivity contribution >= 4 is 29.5 Å². The molecule has 2 rings (SSSR count). The number of rotatable bonds is 4. The van der Waals surface area contributed by atoms with Crippen LogP contribution in [0.4, 0.5) is 0 Å². The van der Waals surface area contributed by atoms with Crippen LogP contribution >= 0.6 is 11.6 Å². The first-order valence-electron chi connectivity index (χ1n) is 6.61. The molecule has 0 saturated heterocycles. The molecule has 4 nitrogen and oxygen atoms in total. The number of amides is 2. The summed E-state index contributed by atoms with van der Waals surface area (Å²) < 4.78 is 0. The van der Waals surface area contributed by atoms with Gasteiger partial charge in [0, 0.05) is 10.6 Å². The van der Waals surface area contributed by atoms with Gasteiger partial charge < -0.3 is 11.1 Å². The largest absolute Gasteiger partial charge is 0.364 e. The minimum absolute atomic E-state index is 0.0237. The molecule has 0 aliphatic carbocycles. The third-order valence-corrected chi connectivity index (χ3v) is 3.34. The van der Waals surface area contributed by atoms with Crippen LogP contribution < -0.4 is 11.1 Å². The molecule has 0 atom stereocenters. The van der Waals surface area contributed by atoms with E-state index in [-0.39, 0.29) is 11.6 Å². The van der Waals surface area contributed by atoms with Gasteiger partial charge >= 0.3 is 0 Å². The molecule has 0 saturated carbocycles. The predicted molar refractivity (Wildman–Crippen MR) is 87.3 cm³/mol. The Morgan fingerprint density at radius 3 is 2.32 bits per heavy atom. The Kier molecular flexibility index (Phi) is 4.96. The quantitative estimate of drug-likeness (QED) is 0.852. The Morgan fingerprint density at radius 2 is 1.73 bits per heavy atom. The van der Waals surface area contributed by atoms with Gasteiger partial charge in [0.15, 0.2) is 0 Å². The first-order valence-corrected chi connectivity index (χ1v) is 6.99. The molecule has 112 valence electrons. The standard InChI is InChI=1S/C17H15ClN2O2/c1-11-4-2-3-5-14(11)17(22)20-15(16(19)21)10-12-6-8-13(18)9-7-12/h2-10H,1H3,(H2,19,21)(H,20,22).